The molecular weight excluding hydrogens is 147 g/mol. The van der Waals surface area contributed by atoms with Gasteiger partial charge in [0.25, 0.3) is 0 Å². The van der Waals surface area contributed by atoms with Crippen molar-refractivity contribution in [3.05, 3.63) is 0 Å². The predicted octanol–water partition coefficient (Wildman–Crippen LogP) is -0.320. The second kappa shape index (κ2) is 3.67. The zero-order chi connectivity index (χ0) is 8.27. The Morgan fingerprint density at radius 2 is 2.45 bits per heavy atom. The summed E-state index contributed by atoms with van der Waals surface area (Å²) in [4.78, 5) is 10.5. The van der Waals surface area contributed by atoms with E-state index in [1.165, 1.54) is 6.92 Å². The summed E-state index contributed by atoms with van der Waals surface area (Å²) in [6, 6.07) is 0. The van der Waals surface area contributed by atoms with Gasteiger partial charge in [0.05, 0.1) is 0 Å². The normalized spacial score (nSPS) is 30.4. The number of carbonyl (C=O) groups excluding carboxylic acids is 1. The lowest BCUT2D eigenvalue weighted by Gasteiger charge is -2.10. The van der Waals surface area contributed by atoms with Crippen molar-refractivity contribution in [1.82, 2.24) is 10.6 Å². The minimum absolute atomic E-state index is 0.0427. The van der Waals surface area contributed by atoms with Gasteiger partial charge in [-0.1, -0.05) is 0 Å². The van der Waals surface area contributed by atoms with Crippen molar-refractivity contribution < 1.29 is 9.18 Å². The Kier molecular flexibility index (Phi) is 2.82. The Morgan fingerprint density at radius 3 is 2.91 bits per heavy atom. The van der Waals surface area contributed by atoms with Crippen LogP contribution in [0.3, 0.4) is 0 Å². The molecule has 0 saturated carbocycles. The number of nitrogens with one attached hydrogen (secondary N) is 2. The molecule has 1 fully saturated rings. The van der Waals surface area contributed by atoms with Crippen molar-refractivity contribution in [3.8, 4) is 0 Å². The van der Waals surface area contributed by atoms with Crippen molar-refractivity contribution in [2.24, 2.45) is 5.92 Å². The standard InChI is InChI=1S/C7H13FN2O/c1-5(11)10-3-6-2-9-4-7(6)8/h6-7,9H,2-4H2,1H3,(H,10,11)/t6-,7+/m1/s1. The second-order valence-corrected chi connectivity index (χ2v) is 2.87. The first-order chi connectivity index (χ1) is 5.20. The number of hydrogen-bond acceptors (Lipinski definition) is 2. The van der Waals surface area contributed by atoms with E-state index < -0.39 is 6.17 Å². The first-order valence-corrected chi connectivity index (χ1v) is 3.79. The minimum Gasteiger partial charge on any atom is -0.356 e. The van der Waals surface area contributed by atoms with Gasteiger partial charge in [-0.25, -0.2) is 4.39 Å². The van der Waals surface area contributed by atoms with Gasteiger partial charge in [-0.15, -0.1) is 0 Å². The summed E-state index contributed by atoms with van der Waals surface area (Å²) in [5, 5.41) is 5.52. The maximum absolute atomic E-state index is 12.8. The van der Waals surface area contributed by atoms with Crippen LogP contribution < -0.4 is 10.6 Å². The minimum atomic E-state index is -0.804. The topological polar surface area (TPSA) is 41.1 Å². The van der Waals surface area contributed by atoms with E-state index in [1.54, 1.807) is 0 Å². The molecule has 1 amide bonds. The van der Waals surface area contributed by atoms with Crippen LogP contribution in [-0.4, -0.2) is 31.7 Å². The smallest absolute Gasteiger partial charge is 0.216 e. The molecule has 0 aliphatic carbocycles. The third-order valence-corrected chi connectivity index (χ3v) is 1.87. The average Bonchev–Trinajstić information content (AvgIpc) is 2.31. The summed E-state index contributed by atoms with van der Waals surface area (Å²) in [6.07, 6.45) is -0.804. The third-order valence-electron chi connectivity index (χ3n) is 1.87. The maximum atomic E-state index is 12.8. The molecule has 0 aromatic rings. The number of rotatable bonds is 2. The van der Waals surface area contributed by atoms with E-state index in [1.807, 2.05) is 0 Å². The first kappa shape index (κ1) is 8.46. The second-order valence-electron chi connectivity index (χ2n) is 2.87. The molecule has 11 heavy (non-hydrogen) atoms. The largest absolute Gasteiger partial charge is 0.356 e. The van der Waals surface area contributed by atoms with Crippen molar-refractivity contribution in [2.75, 3.05) is 19.6 Å². The number of halogens is 1. The lowest BCUT2D eigenvalue weighted by Crippen LogP contribution is -2.31. The zero-order valence-electron chi connectivity index (χ0n) is 6.56. The maximum Gasteiger partial charge on any atom is 0.216 e. The lowest BCUT2D eigenvalue weighted by atomic mass is 10.1. The predicted molar refractivity (Wildman–Crippen MR) is 39.9 cm³/mol. The highest BCUT2D eigenvalue weighted by molar-refractivity contribution is 5.72. The van der Waals surface area contributed by atoms with Crippen molar-refractivity contribution >= 4 is 5.91 Å². The Morgan fingerprint density at radius 1 is 1.73 bits per heavy atom. The molecular formula is C7H13FN2O. The Balaban J connectivity index is 2.20. The van der Waals surface area contributed by atoms with Crippen LogP contribution in [0, 0.1) is 5.92 Å². The molecule has 1 rings (SSSR count). The Bertz CT molecular complexity index is 151. The van der Waals surface area contributed by atoms with Crippen molar-refractivity contribution in [3.63, 3.8) is 0 Å². The van der Waals surface area contributed by atoms with E-state index in [4.69, 9.17) is 0 Å². The molecule has 4 heteroatoms. The van der Waals surface area contributed by atoms with Gasteiger partial charge in [-0.2, -0.15) is 0 Å². The van der Waals surface area contributed by atoms with Gasteiger partial charge < -0.3 is 10.6 Å². The molecule has 1 saturated heterocycles. The van der Waals surface area contributed by atoms with Crippen LogP contribution >= 0.6 is 0 Å². The van der Waals surface area contributed by atoms with Crippen LogP contribution in [-0.2, 0) is 4.79 Å². The van der Waals surface area contributed by atoms with Gasteiger partial charge in [-0.3, -0.25) is 4.79 Å². The fourth-order valence-electron chi connectivity index (χ4n) is 1.18. The van der Waals surface area contributed by atoms with Gasteiger partial charge in [0.2, 0.25) is 5.91 Å². The van der Waals surface area contributed by atoms with E-state index in [9.17, 15) is 9.18 Å². The summed E-state index contributed by atoms with van der Waals surface area (Å²) in [6.45, 7) is 2.98. The van der Waals surface area contributed by atoms with Crippen molar-refractivity contribution in [2.45, 2.75) is 13.1 Å². The third kappa shape index (κ3) is 2.46. The van der Waals surface area contributed by atoms with E-state index in [2.05, 4.69) is 10.6 Å². The first-order valence-electron chi connectivity index (χ1n) is 3.79. The van der Waals surface area contributed by atoms with Gasteiger partial charge in [0.1, 0.15) is 6.17 Å². The molecule has 2 N–H and O–H groups in total. The number of alkyl halides is 1. The van der Waals surface area contributed by atoms with E-state index >= 15 is 0 Å². The summed E-state index contributed by atoms with van der Waals surface area (Å²) < 4.78 is 12.8. The van der Waals surface area contributed by atoms with Gasteiger partial charge in [0.15, 0.2) is 0 Å². The molecule has 2 atom stereocenters. The highest BCUT2D eigenvalue weighted by Crippen LogP contribution is 2.10. The Hall–Kier alpha value is -0.640. The van der Waals surface area contributed by atoms with Gasteiger partial charge in [0, 0.05) is 32.5 Å². The van der Waals surface area contributed by atoms with E-state index in [-0.39, 0.29) is 11.8 Å². The van der Waals surface area contributed by atoms with Crippen LogP contribution in [0.25, 0.3) is 0 Å². The van der Waals surface area contributed by atoms with E-state index in [0.29, 0.717) is 19.6 Å². The molecule has 64 valence electrons. The number of hydrogen-bond donors (Lipinski definition) is 2. The molecule has 0 radical (unpaired) electrons. The molecule has 0 bridgehead atoms. The van der Waals surface area contributed by atoms with E-state index in [0.717, 1.165) is 0 Å². The monoisotopic (exact) mass is 160 g/mol. The van der Waals surface area contributed by atoms with Crippen LogP contribution in [0.5, 0.6) is 0 Å². The number of carbonyl (C=O) groups is 1. The quantitative estimate of drug-likeness (QED) is 0.581. The molecule has 0 spiro atoms. The molecule has 1 heterocycles. The number of amides is 1. The molecule has 1 aliphatic rings. The Labute approximate surface area is 65.3 Å². The highest BCUT2D eigenvalue weighted by atomic mass is 19.1. The van der Waals surface area contributed by atoms with Crippen LogP contribution in [0.15, 0.2) is 0 Å². The fraction of sp³-hybridized carbons (Fsp3) is 0.857. The zero-order valence-corrected chi connectivity index (χ0v) is 6.56. The van der Waals surface area contributed by atoms with Gasteiger partial charge >= 0.3 is 0 Å². The fourth-order valence-corrected chi connectivity index (χ4v) is 1.18. The van der Waals surface area contributed by atoms with Gasteiger partial charge in [-0.05, 0) is 0 Å². The highest BCUT2D eigenvalue weighted by Gasteiger charge is 2.26. The molecule has 0 unspecified atom stereocenters. The summed E-state index contributed by atoms with van der Waals surface area (Å²) in [5.41, 5.74) is 0. The van der Waals surface area contributed by atoms with Crippen molar-refractivity contribution in [1.29, 1.82) is 0 Å². The molecule has 1 aliphatic heterocycles. The molecule has 0 aromatic carbocycles. The van der Waals surface area contributed by atoms with Crippen LogP contribution in [0.1, 0.15) is 6.92 Å². The summed E-state index contributed by atoms with van der Waals surface area (Å²) in [7, 11) is 0. The summed E-state index contributed by atoms with van der Waals surface area (Å²) >= 11 is 0. The van der Waals surface area contributed by atoms with Crippen LogP contribution in [0.4, 0.5) is 4.39 Å². The average molecular weight is 160 g/mol. The summed E-state index contributed by atoms with van der Waals surface area (Å²) in [5.74, 6) is -0.136. The molecule has 3 nitrogen and oxygen atoms in total. The lowest BCUT2D eigenvalue weighted by molar-refractivity contribution is -0.119. The van der Waals surface area contributed by atoms with Crippen LogP contribution in [0.2, 0.25) is 0 Å². The molecule has 0 aromatic heterocycles. The SMILES string of the molecule is CC(=O)NC[C@H]1CNC[C@@H]1F.